The molecule has 1 saturated carbocycles. The number of hydrogen-bond acceptors (Lipinski definition) is 2. The Morgan fingerprint density at radius 1 is 1.03 bits per heavy atom. The molecule has 4 aliphatic rings. The number of rotatable bonds is 3. The molecule has 1 aromatic carbocycles. The Labute approximate surface area is 184 Å². The number of fused-ring (bicyclic) bond motifs is 3. The normalized spacial score (nSPS) is 33.0. The van der Waals surface area contributed by atoms with Crippen molar-refractivity contribution in [2.45, 2.75) is 40.0 Å². The van der Waals surface area contributed by atoms with Gasteiger partial charge in [-0.15, -0.1) is 0 Å². The quantitative estimate of drug-likeness (QED) is 0.689. The minimum Gasteiger partial charge on any atom is -0.478 e. The Balaban J connectivity index is 1.40. The third kappa shape index (κ3) is 3.19. The molecule has 1 heterocycles. The zero-order valence-electron chi connectivity index (χ0n) is 18.6. The molecule has 0 unspecified atom stereocenters. The van der Waals surface area contributed by atoms with Crippen LogP contribution in [0.3, 0.4) is 0 Å². The number of benzene rings is 1. The van der Waals surface area contributed by atoms with Crippen LogP contribution in [0, 0.1) is 28.6 Å². The van der Waals surface area contributed by atoms with E-state index in [2.05, 4.69) is 50.0 Å². The van der Waals surface area contributed by atoms with Gasteiger partial charge in [0.05, 0.1) is 5.56 Å². The van der Waals surface area contributed by atoms with Crippen LogP contribution in [-0.4, -0.2) is 35.0 Å². The van der Waals surface area contributed by atoms with Gasteiger partial charge in [-0.05, 0) is 54.4 Å². The highest BCUT2D eigenvalue weighted by Gasteiger charge is 2.48. The van der Waals surface area contributed by atoms with Crippen LogP contribution >= 0.6 is 0 Å². The average Bonchev–Trinajstić information content (AvgIpc) is 3.36. The third-order valence-corrected chi connectivity index (χ3v) is 8.16. The number of aromatic carboxylic acids is 1. The lowest BCUT2D eigenvalue weighted by Crippen LogP contribution is -2.50. The van der Waals surface area contributed by atoms with E-state index in [4.69, 9.17) is 0 Å². The summed E-state index contributed by atoms with van der Waals surface area (Å²) in [5.74, 6) is 0.659. The van der Waals surface area contributed by atoms with Crippen LogP contribution in [0.15, 0.2) is 54.1 Å². The number of nitrogens with zero attached hydrogens (tertiary/aromatic N) is 1. The van der Waals surface area contributed by atoms with Crippen molar-refractivity contribution < 1.29 is 14.7 Å². The molecule has 1 aromatic rings. The van der Waals surface area contributed by atoms with E-state index >= 15 is 0 Å². The van der Waals surface area contributed by atoms with Gasteiger partial charge in [0.15, 0.2) is 0 Å². The molecule has 162 valence electrons. The lowest BCUT2D eigenvalue weighted by atomic mass is 9.58. The molecule has 1 fully saturated rings. The molecule has 0 spiro atoms. The Morgan fingerprint density at radius 2 is 1.77 bits per heavy atom. The minimum absolute atomic E-state index is 0.0601. The van der Waals surface area contributed by atoms with Gasteiger partial charge in [0, 0.05) is 29.8 Å². The number of carboxylic acid groups (broad SMARTS) is 1. The molecule has 5 rings (SSSR count). The predicted octanol–water partition coefficient (Wildman–Crippen LogP) is 5.19. The lowest BCUT2D eigenvalue weighted by Gasteiger charge is -2.51. The van der Waals surface area contributed by atoms with Gasteiger partial charge < -0.3 is 10.0 Å². The van der Waals surface area contributed by atoms with Crippen molar-refractivity contribution >= 4 is 17.4 Å². The van der Waals surface area contributed by atoms with Crippen LogP contribution in [0.4, 0.5) is 0 Å². The summed E-state index contributed by atoms with van der Waals surface area (Å²) in [6, 6.07) is 7.20. The molecule has 31 heavy (non-hydrogen) atoms. The van der Waals surface area contributed by atoms with E-state index in [9.17, 15) is 14.7 Å². The largest absolute Gasteiger partial charge is 0.478 e. The summed E-state index contributed by atoms with van der Waals surface area (Å²) in [7, 11) is 0. The second kappa shape index (κ2) is 6.94. The Bertz CT molecular complexity index is 1030. The van der Waals surface area contributed by atoms with E-state index in [0.29, 0.717) is 29.9 Å². The number of allylic oxidation sites excluding steroid dienone is 4. The van der Waals surface area contributed by atoms with Crippen LogP contribution in [-0.2, 0) is 4.79 Å². The second-order valence-corrected chi connectivity index (χ2v) is 10.6. The molecule has 0 saturated heterocycles. The summed E-state index contributed by atoms with van der Waals surface area (Å²) in [5.41, 5.74) is 3.80. The van der Waals surface area contributed by atoms with Crippen molar-refractivity contribution in [3.8, 4) is 0 Å². The highest BCUT2D eigenvalue weighted by Crippen LogP contribution is 2.55. The molecular formula is C27H31NO3. The average molecular weight is 418 g/mol. The van der Waals surface area contributed by atoms with Crippen molar-refractivity contribution in [2.24, 2.45) is 28.6 Å². The first kappa shape index (κ1) is 20.3. The number of carboxylic acids is 1. The molecule has 2 bridgehead atoms. The lowest BCUT2D eigenvalue weighted by molar-refractivity contribution is -0.137. The summed E-state index contributed by atoms with van der Waals surface area (Å²) in [6.07, 6.45) is 12.2. The summed E-state index contributed by atoms with van der Waals surface area (Å²) in [6.45, 7) is 8.27. The fraction of sp³-hybridized carbons (Fsp3) is 0.481. The molecule has 3 aliphatic carbocycles. The molecule has 0 aromatic heterocycles. The monoisotopic (exact) mass is 417 g/mol. The standard InChI is InChI=1S/C27H31NO3/c1-26(2)22(18-6-8-19(9-7-18)25(30)31)10-12-27(3)16-28(13-11-23(26)27)24(29)21-15-17-4-5-20(21)14-17/h4-11,17,20-21H,12-16H2,1-3H3,(H,30,31)/t17-,20+,21+,27-/m1/s1. The van der Waals surface area contributed by atoms with Crippen LogP contribution in [0.1, 0.15) is 56.0 Å². The van der Waals surface area contributed by atoms with Crippen LogP contribution in [0.5, 0.6) is 0 Å². The number of carbonyl (C=O) groups excluding carboxylic acids is 1. The van der Waals surface area contributed by atoms with Gasteiger partial charge in [-0.3, -0.25) is 4.79 Å². The highest BCUT2D eigenvalue weighted by molar-refractivity contribution is 5.88. The van der Waals surface area contributed by atoms with Gasteiger partial charge >= 0.3 is 5.97 Å². The van der Waals surface area contributed by atoms with Gasteiger partial charge in [-0.2, -0.15) is 0 Å². The van der Waals surface area contributed by atoms with Crippen LogP contribution in [0.2, 0.25) is 0 Å². The maximum absolute atomic E-state index is 13.3. The predicted molar refractivity (Wildman–Crippen MR) is 121 cm³/mol. The molecule has 4 heteroatoms. The van der Waals surface area contributed by atoms with Gasteiger partial charge in [-0.25, -0.2) is 4.79 Å². The Morgan fingerprint density at radius 3 is 2.39 bits per heavy atom. The van der Waals surface area contributed by atoms with Crippen LogP contribution < -0.4 is 0 Å². The van der Waals surface area contributed by atoms with Gasteiger partial charge in [0.1, 0.15) is 0 Å². The smallest absolute Gasteiger partial charge is 0.335 e. The molecular weight excluding hydrogens is 386 g/mol. The molecule has 4 nitrogen and oxygen atoms in total. The fourth-order valence-electron chi connectivity index (χ4n) is 6.67. The van der Waals surface area contributed by atoms with E-state index in [1.807, 2.05) is 12.1 Å². The zero-order chi connectivity index (χ0) is 22.0. The van der Waals surface area contributed by atoms with E-state index in [-0.39, 0.29) is 16.7 Å². The van der Waals surface area contributed by atoms with Crippen molar-refractivity contribution in [1.82, 2.24) is 4.90 Å². The summed E-state index contributed by atoms with van der Waals surface area (Å²) < 4.78 is 0. The zero-order valence-corrected chi connectivity index (χ0v) is 18.6. The molecule has 1 N–H and O–H groups in total. The summed E-state index contributed by atoms with van der Waals surface area (Å²) in [4.78, 5) is 26.6. The number of carbonyl (C=O) groups is 2. The van der Waals surface area contributed by atoms with Crippen molar-refractivity contribution in [3.05, 3.63) is 65.3 Å². The summed E-state index contributed by atoms with van der Waals surface area (Å²) in [5, 5.41) is 9.20. The maximum atomic E-state index is 13.3. The number of amides is 1. The molecule has 0 radical (unpaired) electrons. The maximum Gasteiger partial charge on any atom is 0.335 e. The number of hydrogen-bond donors (Lipinski definition) is 1. The first-order chi connectivity index (χ1) is 14.7. The van der Waals surface area contributed by atoms with Crippen molar-refractivity contribution in [2.75, 3.05) is 13.1 Å². The topological polar surface area (TPSA) is 57.6 Å². The first-order valence-corrected chi connectivity index (χ1v) is 11.4. The summed E-state index contributed by atoms with van der Waals surface area (Å²) >= 11 is 0. The van der Waals surface area contributed by atoms with Crippen molar-refractivity contribution in [3.63, 3.8) is 0 Å². The molecule has 1 aliphatic heterocycles. The Hall–Kier alpha value is -2.62. The van der Waals surface area contributed by atoms with E-state index in [1.165, 1.54) is 11.1 Å². The second-order valence-electron chi connectivity index (χ2n) is 10.6. The fourth-order valence-corrected chi connectivity index (χ4v) is 6.67. The van der Waals surface area contributed by atoms with Crippen molar-refractivity contribution in [1.29, 1.82) is 0 Å². The van der Waals surface area contributed by atoms with Gasteiger partial charge in [-0.1, -0.05) is 62.8 Å². The van der Waals surface area contributed by atoms with E-state index in [0.717, 1.165) is 31.4 Å². The molecule has 4 atom stereocenters. The highest BCUT2D eigenvalue weighted by atomic mass is 16.4. The van der Waals surface area contributed by atoms with Gasteiger partial charge in [0.2, 0.25) is 5.91 Å². The third-order valence-electron chi connectivity index (χ3n) is 8.16. The van der Waals surface area contributed by atoms with Crippen LogP contribution in [0.25, 0.3) is 5.57 Å². The van der Waals surface area contributed by atoms with Gasteiger partial charge in [0.25, 0.3) is 0 Å². The first-order valence-electron chi connectivity index (χ1n) is 11.4. The molecule has 1 amide bonds. The minimum atomic E-state index is -0.901. The SMILES string of the molecule is CC1(C)C(c2ccc(C(=O)O)cc2)=CC[C@]2(C)CN(C(=O)[C@H]3C[C@@H]4C=C[C@H]3C4)CC=C12. The van der Waals surface area contributed by atoms with E-state index < -0.39 is 5.97 Å². The Kier molecular flexibility index (Phi) is 4.55. The van der Waals surface area contributed by atoms with E-state index in [1.54, 1.807) is 12.1 Å².